The summed E-state index contributed by atoms with van der Waals surface area (Å²) in [6.45, 7) is 2.37. The third kappa shape index (κ3) is 4.32. The first-order valence-electron chi connectivity index (χ1n) is 9.09. The van der Waals surface area contributed by atoms with Crippen molar-refractivity contribution >= 4 is 23.4 Å². The van der Waals surface area contributed by atoms with Crippen molar-refractivity contribution in [2.24, 2.45) is 5.92 Å². The van der Waals surface area contributed by atoms with Gasteiger partial charge in [-0.2, -0.15) is 0 Å². The fourth-order valence-electron chi connectivity index (χ4n) is 3.76. The molecule has 2 fully saturated rings. The van der Waals surface area contributed by atoms with Gasteiger partial charge in [-0.3, -0.25) is 9.59 Å². The third-order valence-electron chi connectivity index (χ3n) is 5.22. The first kappa shape index (κ1) is 18.2. The second kappa shape index (κ2) is 8.17. The second-order valence-electron chi connectivity index (χ2n) is 6.93. The van der Waals surface area contributed by atoms with Crippen LogP contribution in [0, 0.1) is 11.7 Å². The van der Waals surface area contributed by atoms with Crippen LogP contribution >= 0.6 is 11.6 Å². The molecule has 3 rings (SSSR count). The minimum Gasteiger partial charge on any atom is -0.341 e. The van der Waals surface area contributed by atoms with E-state index in [1.54, 1.807) is 4.90 Å². The number of carbonyl (C=O) groups is 2. The predicted molar refractivity (Wildman–Crippen MR) is 95.1 cm³/mol. The minimum atomic E-state index is -0.529. The van der Waals surface area contributed by atoms with Gasteiger partial charge in [0.25, 0.3) is 5.91 Å². The van der Waals surface area contributed by atoms with Crippen LogP contribution in [0.3, 0.4) is 0 Å². The number of hydrogen-bond acceptors (Lipinski definition) is 2. The molecule has 1 aliphatic heterocycles. The standard InChI is InChI=1S/C19H24ClFN2O2/c20-16-13-15(7-8-17(16)21)19(25)23-10-4-9-22(11-12-23)18(24)14-5-2-1-3-6-14/h7-8,13-14H,1-6,9-12H2. The molecule has 136 valence electrons. The number of amides is 2. The second-order valence-corrected chi connectivity index (χ2v) is 7.34. The van der Waals surface area contributed by atoms with Crippen LogP contribution in [0.2, 0.25) is 5.02 Å². The van der Waals surface area contributed by atoms with Gasteiger partial charge in [-0.1, -0.05) is 30.9 Å². The Morgan fingerprint density at radius 1 is 0.960 bits per heavy atom. The van der Waals surface area contributed by atoms with Crippen molar-refractivity contribution in [3.05, 3.63) is 34.6 Å². The Morgan fingerprint density at radius 2 is 1.64 bits per heavy atom. The molecule has 1 aliphatic carbocycles. The van der Waals surface area contributed by atoms with Crippen LogP contribution in [0.25, 0.3) is 0 Å². The molecule has 0 aromatic heterocycles. The number of hydrogen-bond donors (Lipinski definition) is 0. The van der Waals surface area contributed by atoms with Gasteiger partial charge in [0.2, 0.25) is 5.91 Å². The van der Waals surface area contributed by atoms with E-state index in [-0.39, 0.29) is 22.8 Å². The highest BCUT2D eigenvalue weighted by Crippen LogP contribution is 2.26. The Hall–Kier alpha value is -1.62. The molecule has 2 aliphatic rings. The molecule has 25 heavy (non-hydrogen) atoms. The Labute approximate surface area is 152 Å². The minimum absolute atomic E-state index is 0.0465. The smallest absolute Gasteiger partial charge is 0.253 e. The predicted octanol–water partition coefficient (Wildman–Crippen LogP) is 3.73. The van der Waals surface area contributed by atoms with E-state index in [4.69, 9.17) is 11.6 Å². The van der Waals surface area contributed by atoms with Crippen molar-refractivity contribution < 1.29 is 14.0 Å². The largest absolute Gasteiger partial charge is 0.341 e. The first-order chi connectivity index (χ1) is 12.1. The van der Waals surface area contributed by atoms with E-state index < -0.39 is 5.82 Å². The van der Waals surface area contributed by atoms with Crippen molar-refractivity contribution in [3.63, 3.8) is 0 Å². The van der Waals surface area contributed by atoms with Gasteiger partial charge in [0.05, 0.1) is 5.02 Å². The van der Waals surface area contributed by atoms with E-state index in [2.05, 4.69) is 0 Å². The highest BCUT2D eigenvalue weighted by atomic mass is 35.5. The SMILES string of the molecule is O=C(c1ccc(F)c(Cl)c1)N1CCCN(C(=O)C2CCCCC2)CC1. The molecule has 0 unspecified atom stereocenters. The topological polar surface area (TPSA) is 40.6 Å². The summed E-state index contributed by atoms with van der Waals surface area (Å²) in [5.74, 6) is -0.280. The highest BCUT2D eigenvalue weighted by Gasteiger charge is 2.28. The molecule has 0 spiro atoms. The number of benzene rings is 1. The maximum atomic E-state index is 13.3. The fraction of sp³-hybridized carbons (Fsp3) is 0.579. The summed E-state index contributed by atoms with van der Waals surface area (Å²) >= 11 is 5.78. The Balaban J connectivity index is 1.61. The lowest BCUT2D eigenvalue weighted by atomic mass is 9.88. The third-order valence-corrected chi connectivity index (χ3v) is 5.51. The Morgan fingerprint density at radius 3 is 2.36 bits per heavy atom. The summed E-state index contributed by atoms with van der Waals surface area (Å²) in [6.07, 6.45) is 6.25. The molecule has 6 heteroatoms. The number of halogens is 2. The Kier molecular flexibility index (Phi) is 5.94. The summed E-state index contributed by atoms with van der Waals surface area (Å²) in [5.41, 5.74) is 0.387. The van der Waals surface area contributed by atoms with Gasteiger partial charge >= 0.3 is 0 Å². The fourth-order valence-corrected chi connectivity index (χ4v) is 3.94. The zero-order chi connectivity index (χ0) is 17.8. The van der Waals surface area contributed by atoms with Gasteiger partial charge < -0.3 is 9.80 Å². The molecule has 4 nitrogen and oxygen atoms in total. The summed E-state index contributed by atoms with van der Waals surface area (Å²) in [6, 6.07) is 4.04. The van der Waals surface area contributed by atoms with Gasteiger partial charge in [0, 0.05) is 37.7 Å². The molecule has 0 bridgehead atoms. The van der Waals surface area contributed by atoms with Gasteiger partial charge in [0.1, 0.15) is 5.82 Å². The van der Waals surface area contributed by atoms with Crippen molar-refractivity contribution in [2.75, 3.05) is 26.2 Å². The normalized spacial score (nSPS) is 19.6. The molecule has 1 saturated carbocycles. The number of carbonyl (C=O) groups excluding carboxylic acids is 2. The maximum absolute atomic E-state index is 13.3. The van der Waals surface area contributed by atoms with Gasteiger partial charge in [-0.15, -0.1) is 0 Å². The zero-order valence-electron chi connectivity index (χ0n) is 14.3. The maximum Gasteiger partial charge on any atom is 0.253 e. The van der Waals surface area contributed by atoms with E-state index in [1.807, 2.05) is 4.90 Å². The summed E-state index contributed by atoms with van der Waals surface area (Å²) in [5, 5.41) is -0.0465. The lowest BCUT2D eigenvalue weighted by Gasteiger charge is -2.28. The first-order valence-corrected chi connectivity index (χ1v) is 9.47. The van der Waals surface area contributed by atoms with Crippen LogP contribution in [0.4, 0.5) is 4.39 Å². The van der Waals surface area contributed by atoms with Crippen LogP contribution in [0.1, 0.15) is 48.9 Å². The molecule has 1 aromatic rings. The molecular weight excluding hydrogens is 343 g/mol. The van der Waals surface area contributed by atoms with E-state index in [1.165, 1.54) is 24.6 Å². The highest BCUT2D eigenvalue weighted by molar-refractivity contribution is 6.31. The number of nitrogens with zero attached hydrogens (tertiary/aromatic N) is 2. The quantitative estimate of drug-likeness (QED) is 0.800. The lowest BCUT2D eigenvalue weighted by molar-refractivity contribution is -0.136. The van der Waals surface area contributed by atoms with Crippen molar-refractivity contribution in [1.82, 2.24) is 9.80 Å². The van der Waals surface area contributed by atoms with Crippen LogP contribution in [-0.2, 0) is 4.79 Å². The van der Waals surface area contributed by atoms with E-state index in [9.17, 15) is 14.0 Å². The molecule has 1 heterocycles. The molecular formula is C19H24ClFN2O2. The molecule has 1 saturated heterocycles. The molecule has 0 radical (unpaired) electrons. The zero-order valence-corrected chi connectivity index (χ0v) is 15.1. The lowest BCUT2D eigenvalue weighted by Crippen LogP contribution is -2.40. The average Bonchev–Trinajstić information content (AvgIpc) is 2.89. The molecule has 0 N–H and O–H groups in total. The summed E-state index contributed by atoms with van der Waals surface area (Å²) in [4.78, 5) is 29.0. The van der Waals surface area contributed by atoms with E-state index in [0.29, 0.717) is 31.7 Å². The average molecular weight is 367 g/mol. The van der Waals surface area contributed by atoms with Crippen LogP contribution in [0.5, 0.6) is 0 Å². The van der Waals surface area contributed by atoms with Gasteiger partial charge in [-0.05, 0) is 37.5 Å². The van der Waals surface area contributed by atoms with Gasteiger partial charge in [-0.25, -0.2) is 4.39 Å². The van der Waals surface area contributed by atoms with Gasteiger partial charge in [0.15, 0.2) is 0 Å². The Bertz CT molecular complexity index is 646. The van der Waals surface area contributed by atoms with Crippen molar-refractivity contribution in [3.8, 4) is 0 Å². The molecule has 2 amide bonds. The van der Waals surface area contributed by atoms with Crippen LogP contribution in [0.15, 0.2) is 18.2 Å². The van der Waals surface area contributed by atoms with Crippen LogP contribution < -0.4 is 0 Å². The monoisotopic (exact) mass is 366 g/mol. The number of rotatable bonds is 2. The van der Waals surface area contributed by atoms with E-state index in [0.717, 1.165) is 32.1 Å². The molecule has 1 aromatic carbocycles. The van der Waals surface area contributed by atoms with Crippen molar-refractivity contribution in [1.29, 1.82) is 0 Å². The van der Waals surface area contributed by atoms with E-state index >= 15 is 0 Å². The van der Waals surface area contributed by atoms with Crippen LogP contribution in [-0.4, -0.2) is 47.8 Å². The summed E-state index contributed by atoms with van der Waals surface area (Å²) < 4.78 is 13.3. The summed E-state index contributed by atoms with van der Waals surface area (Å²) in [7, 11) is 0. The molecule has 0 atom stereocenters. The van der Waals surface area contributed by atoms with Crippen molar-refractivity contribution in [2.45, 2.75) is 38.5 Å².